The van der Waals surface area contributed by atoms with Gasteiger partial charge in [-0.15, -0.1) is 0 Å². The number of hydrogen-bond acceptors (Lipinski definition) is 4. The first-order valence-electron chi connectivity index (χ1n) is 11.5. The van der Waals surface area contributed by atoms with Crippen LogP contribution in [-0.2, 0) is 4.74 Å². The van der Waals surface area contributed by atoms with E-state index in [2.05, 4.69) is 24.8 Å². The molecular formula is C24H39N3O2. The van der Waals surface area contributed by atoms with Crippen molar-refractivity contribution in [1.82, 2.24) is 9.88 Å². The standard InChI is InChI=1S/C24H39N3O2/c1-18(2)17-26-16-10-14-21(26)20-13-9-15-25-22(20)27(19-11-7-6-8-12-19)23(28)29-24(3,4)5/h9,13,15,18-19,21H,6-8,10-12,14,16-17H2,1-5H3/t21-/m1/s1. The smallest absolute Gasteiger partial charge is 0.416 e. The van der Waals surface area contributed by atoms with E-state index in [4.69, 9.17) is 9.72 Å². The van der Waals surface area contributed by atoms with Gasteiger partial charge in [0.05, 0.1) is 0 Å². The van der Waals surface area contributed by atoms with Gasteiger partial charge < -0.3 is 4.74 Å². The van der Waals surface area contributed by atoms with Crippen molar-refractivity contribution in [2.75, 3.05) is 18.0 Å². The van der Waals surface area contributed by atoms with Gasteiger partial charge in [-0.25, -0.2) is 9.78 Å². The van der Waals surface area contributed by atoms with Crippen molar-refractivity contribution < 1.29 is 9.53 Å². The SMILES string of the molecule is CC(C)CN1CCC[C@@H]1c1cccnc1N(C(=O)OC(C)(C)C)C1CCCCC1. The van der Waals surface area contributed by atoms with Crippen LogP contribution in [0.15, 0.2) is 18.3 Å². The first-order chi connectivity index (χ1) is 13.8. The number of carbonyl (C=O) groups excluding carboxylic acids is 1. The number of pyridine rings is 1. The average molecular weight is 402 g/mol. The van der Waals surface area contributed by atoms with Crippen molar-refractivity contribution in [3.05, 3.63) is 23.9 Å². The summed E-state index contributed by atoms with van der Waals surface area (Å²) in [6.45, 7) is 12.5. The van der Waals surface area contributed by atoms with E-state index in [1.54, 1.807) is 0 Å². The zero-order valence-corrected chi connectivity index (χ0v) is 19.0. The Morgan fingerprint density at radius 2 is 1.93 bits per heavy atom. The van der Waals surface area contributed by atoms with Crippen molar-refractivity contribution in [1.29, 1.82) is 0 Å². The topological polar surface area (TPSA) is 45.7 Å². The fraction of sp³-hybridized carbons (Fsp3) is 0.750. The van der Waals surface area contributed by atoms with Crippen molar-refractivity contribution in [3.8, 4) is 0 Å². The van der Waals surface area contributed by atoms with E-state index in [-0.39, 0.29) is 12.1 Å². The molecule has 1 aromatic heterocycles. The van der Waals surface area contributed by atoms with Crippen LogP contribution in [0.4, 0.5) is 10.6 Å². The summed E-state index contributed by atoms with van der Waals surface area (Å²) in [6, 6.07) is 4.69. The minimum absolute atomic E-state index is 0.173. The van der Waals surface area contributed by atoms with E-state index in [0.29, 0.717) is 12.0 Å². The van der Waals surface area contributed by atoms with E-state index in [0.717, 1.165) is 51.0 Å². The van der Waals surface area contributed by atoms with Crippen LogP contribution in [0, 0.1) is 5.92 Å². The number of aromatic nitrogens is 1. The molecule has 29 heavy (non-hydrogen) atoms. The summed E-state index contributed by atoms with van der Waals surface area (Å²) < 4.78 is 5.85. The van der Waals surface area contributed by atoms with Gasteiger partial charge in [-0.05, 0) is 65.0 Å². The van der Waals surface area contributed by atoms with E-state index in [1.165, 1.54) is 18.4 Å². The fourth-order valence-corrected chi connectivity index (χ4v) is 4.80. The Morgan fingerprint density at radius 1 is 1.21 bits per heavy atom. The van der Waals surface area contributed by atoms with Gasteiger partial charge in [0.1, 0.15) is 11.4 Å². The highest BCUT2D eigenvalue weighted by molar-refractivity contribution is 5.88. The minimum Gasteiger partial charge on any atom is -0.443 e. The quantitative estimate of drug-likeness (QED) is 0.612. The second kappa shape index (κ2) is 9.46. The van der Waals surface area contributed by atoms with Crippen LogP contribution in [0.5, 0.6) is 0 Å². The number of carbonyl (C=O) groups is 1. The lowest BCUT2D eigenvalue weighted by Gasteiger charge is -2.37. The lowest BCUT2D eigenvalue weighted by molar-refractivity contribution is 0.0555. The molecule has 1 atom stereocenters. The number of likely N-dealkylation sites (tertiary alicyclic amines) is 1. The second-order valence-corrected chi connectivity index (χ2v) is 10.1. The molecule has 1 aromatic rings. The number of hydrogen-bond donors (Lipinski definition) is 0. The molecule has 1 aliphatic carbocycles. The van der Waals surface area contributed by atoms with Crippen LogP contribution in [0.2, 0.25) is 0 Å². The summed E-state index contributed by atoms with van der Waals surface area (Å²) in [4.78, 5) is 22.6. The molecule has 1 saturated heterocycles. The monoisotopic (exact) mass is 401 g/mol. The van der Waals surface area contributed by atoms with Gasteiger partial charge in [0.25, 0.3) is 0 Å². The molecule has 0 unspecified atom stereocenters. The highest BCUT2D eigenvalue weighted by Gasteiger charge is 2.36. The Bertz CT molecular complexity index is 677. The molecule has 1 amide bonds. The summed E-state index contributed by atoms with van der Waals surface area (Å²) in [5, 5.41) is 0. The summed E-state index contributed by atoms with van der Waals surface area (Å²) in [7, 11) is 0. The first-order valence-corrected chi connectivity index (χ1v) is 11.5. The van der Waals surface area contributed by atoms with Gasteiger partial charge >= 0.3 is 6.09 Å². The molecule has 5 heteroatoms. The number of amides is 1. The molecule has 1 aliphatic heterocycles. The van der Waals surface area contributed by atoms with Gasteiger partial charge in [0.15, 0.2) is 0 Å². The Hall–Kier alpha value is -1.62. The van der Waals surface area contributed by atoms with Crippen molar-refractivity contribution >= 4 is 11.9 Å². The van der Waals surface area contributed by atoms with Gasteiger partial charge in [0, 0.05) is 30.4 Å². The number of nitrogens with zero attached hydrogens (tertiary/aromatic N) is 3. The Balaban J connectivity index is 1.96. The number of anilines is 1. The minimum atomic E-state index is -0.518. The fourth-order valence-electron chi connectivity index (χ4n) is 4.80. The molecule has 162 valence electrons. The molecule has 0 spiro atoms. The third kappa shape index (κ3) is 5.71. The number of rotatable bonds is 5. The zero-order chi connectivity index (χ0) is 21.0. The van der Waals surface area contributed by atoms with Crippen LogP contribution in [-0.4, -0.2) is 40.7 Å². The van der Waals surface area contributed by atoms with Crippen LogP contribution in [0.25, 0.3) is 0 Å². The summed E-state index contributed by atoms with van der Waals surface area (Å²) in [6.07, 6.45) is 9.51. The van der Waals surface area contributed by atoms with Crippen molar-refractivity contribution in [2.24, 2.45) is 5.92 Å². The maximum absolute atomic E-state index is 13.3. The van der Waals surface area contributed by atoms with Crippen LogP contribution >= 0.6 is 0 Å². The Kier molecular flexibility index (Phi) is 7.20. The van der Waals surface area contributed by atoms with Gasteiger partial charge in [-0.1, -0.05) is 39.2 Å². The van der Waals surface area contributed by atoms with Gasteiger partial charge in [-0.3, -0.25) is 9.80 Å². The maximum Gasteiger partial charge on any atom is 0.416 e. The lowest BCUT2D eigenvalue weighted by Crippen LogP contribution is -2.45. The normalized spacial score (nSPS) is 21.5. The number of ether oxygens (including phenoxy) is 1. The average Bonchev–Trinajstić information content (AvgIpc) is 3.09. The molecule has 0 aromatic carbocycles. The summed E-state index contributed by atoms with van der Waals surface area (Å²) in [5.41, 5.74) is 0.665. The van der Waals surface area contributed by atoms with Gasteiger partial charge in [0.2, 0.25) is 0 Å². The van der Waals surface area contributed by atoms with Crippen molar-refractivity contribution in [2.45, 2.75) is 97.2 Å². The van der Waals surface area contributed by atoms with Gasteiger partial charge in [-0.2, -0.15) is 0 Å². The largest absolute Gasteiger partial charge is 0.443 e. The predicted molar refractivity (Wildman–Crippen MR) is 118 cm³/mol. The van der Waals surface area contributed by atoms with Crippen LogP contribution in [0.1, 0.15) is 91.2 Å². The Labute approximate surface area is 176 Å². The zero-order valence-electron chi connectivity index (χ0n) is 19.0. The molecular weight excluding hydrogens is 362 g/mol. The Morgan fingerprint density at radius 3 is 2.59 bits per heavy atom. The summed E-state index contributed by atoms with van der Waals surface area (Å²) in [5.74, 6) is 1.44. The highest BCUT2D eigenvalue weighted by Crippen LogP contribution is 2.39. The molecule has 0 radical (unpaired) electrons. The molecule has 5 nitrogen and oxygen atoms in total. The van der Waals surface area contributed by atoms with E-state index < -0.39 is 5.60 Å². The molecule has 1 saturated carbocycles. The molecule has 0 N–H and O–H groups in total. The lowest BCUT2D eigenvalue weighted by atomic mass is 9.93. The molecule has 3 rings (SSSR count). The molecule has 2 fully saturated rings. The molecule has 0 bridgehead atoms. The van der Waals surface area contributed by atoms with Crippen LogP contribution in [0.3, 0.4) is 0 Å². The van der Waals surface area contributed by atoms with Crippen LogP contribution < -0.4 is 4.90 Å². The molecule has 2 aliphatic rings. The van der Waals surface area contributed by atoms with E-state index in [1.807, 2.05) is 37.9 Å². The maximum atomic E-state index is 13.3. The highest BCUT2D eigenvalue weighted by atomic mass is 16.6. The summed E-state index contributed by atoms with van der Waals surface area (Å²) >= 11 is 0. The second-order valence-electron chi connectivity index (χ2n) is 10.1. The molecule has 2 heterocycles. The predicted octanol–water partition coefficient (Wildman–Crippen LogP) is 5.95. The first kappa shape index (κ1) is 22.1. The third-order valence-electron chi connectivity index (χ3n) is 5.90. The van der Waals surface area contributed by atoms with Crippen molar-refractivity contribution in [3.63, 3.8) is 0 Å². The third-order valence-corrected chi connectivity index (χ3v) is 5.90. The van der Waals surface area contributed by atoms with E-state index >= 15 is 0 Å². The van der Waals surface area contributed by atoms with E-state index in [9.17, 15) is 4.79 Å².